The van der Waals surface area contributed by atoms with Crippen LogP contribution in [0, 0.1) is 11.6 Å². The zero-order chi connectivity index (χ0) is 23.3. The van der Waals surface area contributed by atoms with Crippen LogP contribution in [-0.4, -0.2) is 47.8 Å². The number of nitrogens with zero attached hydrogens (tertiary/aromatic N) is 1. The summed E-state index contributed by atoms with van der Waals surface area (Å²) in [6, 6.07) is 8.96. The van der Waals surface area contributed by atoms with Crippen molar-refractivity contribution in [2.75, 3.05) is 13.1 Å². The van der Waals surface area contributed by atoms with Crippen LogP contribution in [0.5, 0.6) is 0 Å². The Morgan fingerprint density at radius 3 is 2.31 bits per heavy atom. The van der Waals surface area contributed by atoms with Crippen LogP contribution in [-0.2, 0) is 16.0 Å². The lowest BCUT2D eigenvalue weighted by atomic mass is 10.0. The zero-order valence-electron chi connectivity index (χ0n) is 17.5. The molecular formula is C23H24ClF2N3O3. The van der Waals surface area contributed by atoms with Gasteiger partial charge in [-0.1, -0.05) is 17.7 Å². The highest BCUT2D eigenvalue weighted by Gasteiger charge is 2.27. The number of nitrogens with one attached hydrogen (secondary N) is 2. The molecule has 1 fully saturated rings. The third kappa shape index (κ3) is 6.26. The number of hydrogen-bond acceptors (Lipinski definition) is 3. The van der Waals surface area contributed by atoms with Gasteiger partial charge in [0.1, 0.15) is 6.04 Å². The number of rotatable bonds is 6. The highest BCUT2D eigenvalue weighted by atomic mass is 35.5. The molecule has 2 N–H and O–H groups in total. The Hall–Kier alpha value is -3.00. The molecule has 6 nitrogen and oxygen atoms in total. The molecule has 0 radical (unpaired) electrons. The standard InChI is InChI=1S/C23H24ClF2N3O3/c1-14(30)27-21(13-15-2-7-19(25)20(26)12-15)22(31)28-18-8-10-29(11-9-18)23(32)16-3-5-17(24)6-4-16/h2-7,12,18,21H,8-11,13H2,1H3,(H,27,30)(H,28,31)/t21-/m1/s1. The van der Waals surface area contributed by atoms with Crippen LogP contribution in [0.3, 0.4) is 0 Å². The monoisotopic (exact) mass is 463 g/mol. The lowest BCUT2D eigenvalue weighted by molar-refractivity contribution is -0.128. The van der Waals surface area contributed by atoms with Crippen molar-refractivity contribution >= 4 is 29.3 Å². The number of carbonyl (C=O) groups excluding carboxylic acids is 3. The van der Waals surface area contributed by atoms with Crippen LogP contribution in [0.4, 0.5) is 8.78 Å². The molecule has 1 aliphatic rings. The van der Waals surface area contributed by atoms with Gasteiger partial charge in [-0.3, -0.25) is 14.4 Å². The van der Waals surface area contributed by atoms with Crippen LogP contribution in [0.15, 0.2) is 42.5 Å². The van der Waals surface area contributed by atoms with Gasteiger partial charge in [-0.2, -0.15) is 0 Å². The number of halogens is 3. The Balaban J connectivity index is 1.57. The Morgan fingerprint density at radius 1 is 1.06 bits per heavy atom. The molecule has 0 aliphatic carbocycles. The second-order valence-electron chi connectivity index (χ2n) is 7.79. The summed E-state index contributed by atoms with van der Waals surface area (Å²) in [5, 5.41) is 6.02. The summed E-state index contributed by atoms with van der Waals surface area (Å²) >= 11 is 5.87. The third-order valence-electron chi connectivity index (χ3n) is 5.34. The highest BCUT2D eigenvalue weighted by molar-refractivity contribution is 6.30. The lowest BCUT2D eigenvalue weighted by Gasteiger charge is -2.33. The van der Waals surface area contributed by atoms with Gasteiger partial charge in [-0.25, -0.2) is 8.78 Å². The Bertz CT molecular complexity index is 992. The van der Waals surface area contributed by atoms with E-state index in [0.717, 1.165) is 12.1 Å². The summed E-state index contributed by atoms with van der Waals surface area (Å²) in [7, 11) is 0. The lowest BCUT2D eigenvalue weighted by Crippen LogP contribution is -2.53. The first-order chi connectivity index (χ1) is 15.2. The molecule has 1 saturated heterocycles. The molecule has 0 aromatic heterocycles. The predicted octanol–water partition coefficient (Wildman–Crippen LogP) is 3.09. The summed E-state index contributed by atoms with van der Waals surface area (Å²) in [6.45, 7) is 2.23. The van der Waals surface area contributed by atoms with Crippen LogP contribution in [0.25, 0.3) is 0 Å². The van der Waals surface area contributed by atoms with Crippen molar-refractivity contribution in [3.8, 4) is 0 Å². The van der Waals surface area contributed by atoms with E-state index in [4.69, 9.17) is 11.6 Å². The summed E-state index contributed by atoms with van der Waals surface area (Å²) < 4.78 is 26.7. The molecule has 1 atom stereocenters. The number of carbonyl (C=O) groups is 3. The van der Waals surface area contributed by atoms with Gasteiger partial charge < -0.3 is 15.5 Å². The van der Waals surface area contributed by atoms with Crippen LogP contribution < -0.4 is 10.6 Å². The van der Waals surface area contributed by atoms with Gasteiger partial charge >= 0.3 is 0 Å². The number of benzene rings is 2. The molecule has 0 spiro atoms. The van der Waals surface area contributed by atoms with E-state index in [2.05, 4.69) is 10.6 Å². The van der Waals surface area contributed by atoms with E-state index in [-0.39, 0.29) is 18.4 Å². The van der Waals surface area contributed by atoms with E-state index in [9.17, 15) is 23.2 Å². The predicted molar refractivity (Wildman–Crippen MR) is 116 cm³/mol. The first-order valence-electron chi connectivity index (χ1n) is 10.3. The van der Waals surface area contributed by atoms with Crippen molar-refractivity contribution in [2.24, 2.45) is 0 Å². The average molecular weight is 464 g/mol. The fourth-order valence-electron chi connectivity index (χ4n) is 3.66. The Morgan fingerprint density at radius 2 is 1.72 bits per heavy atom. The van der Waals surface area contributed by atoms with E-state index in [0.29, 0.717) is 42.1 Å². The van der Waals surface area contributed by atoms with Gasteiger partial charge in [0.15, 0.2) is 11.6 Å². The Kier molecular flexibility index (Phi) is 7.80. The summed E-state index contributed by atoms with van der Waals surface area (Å²) in [6.07, 6.45) is 1.14. The number of hydrogen-bond donors (Lipinski definition) is 2. The first kappa shape index (κ1) is 23.7. The number of likely N-dealkylation sites (tertiary alicyclic amines) is 1. The maximum atomic E-state index is 13.5. The molecule has 0 unspecified atom stereocenters. The zero-order valence-corrected chi connectivity index (χ0v) is 18.3. The van der Waals surface area contributed by atoms with Crippen LogP contribution >= 0.6 is 11.6 Å². The van der Waals surface area contributed by atoms with Gasteiger partial charge in [-0.05, 0) is 54.8 Å². The molecule has 170 valence electrons. The van der Waals surface area contributed by atoms with E-state index in [1.54, 1.807) is 29.2 Å². The first-order valence-corrected chi connectivity index (χ1v) is 10.7. The van der Waals surface area contributed by atoms with Gasteiger partial charge in [0.25, 0.3) is 5.91 Å². The van der Waals surface area contributed by atoms with Crippen molar-refractivity contribution in [3.05, 3.63) is 70.2 Å². The largest absolute Gasteiger partial charge is 0.351 e. The quantitative estimate of drug-likeness (QED) is 0.691. The maximum absolute atomic E-state index is 13.5. The average Bonchev–Trinajstić information content (AvgIpc) is 2.76. The Labute approximate surface area is 189 Å². The van der Waals surface area contributed by atoms with Crippen LogP contribution in [0.1, 0.15) is 35.7 Å². The van der Waals surface area contributed by atoms with Crippen LogP contribution in [0.2, 0.25) is 5.02 Å². The van der Waals surface area contributed by atoms with E-state index in [1.165, 1.54) is 13.0 Å². The SMILES string of the molecule is CC(=O)N[C@H](Cc1ccc(F)c(F)c1)C(=O)NC1CCN(C(=O)c2ccc(Cl)cc2)CC1. The smallest absolute Gasteiger partial charge is 0.253 e. The number of amides is 3. The number of piperidine rings is 1. The molecule has 0 bridgehead atoms. The van der Waals surface area contributed by atoms with Crippen molar-refractivity contribution in [1.82, 2.24) is 15.5 Å². The van der Waals surface area contributed by atoms with Gasteiger partial charge in [0.05, 0.1) is 0 Å². The normalized spacial score (nSPS) is 15.2. The molecule has 9 heteroatoms. The molecule has 0 saturated carbocycles. The second kappa shape index (κ2) is 10.5. The second-order valence-corrected chi connectivity index (χ2v) is 8.22. The molecule has 32 heavy (non-hydrogen) atoms. The summed E-state index contributed by atoms with van der Waals surface area (Å²) in [5.41, 5.74) is 0.940. The maximum Gasteiger partial charge on any atom is 0.253 e. The van der Waals surface area contributed by atoms with E-state index >= 15 is 0 Å². The topological polar surface area (TPSA) is 78.5 Å². The fraction of sp³-hybridized carbons (Fsp3) is 0.348. The summed E-state index contributed by atoms with van der Waals surface area (Å²) in [5.74, 6) is -2.90. The van der Waals surface area contributed by atoms with E-state index < -0.39 is 29.5 Å². The van der Waals surface area contributed by atoms with Crippen molar-refractivity contribution in [2.45, 2.75) is 38.3 Å². The van der Waals surface area contributed by atoms with Gasteiger partial charge in [-0.15, -0.1) is 0 Å². The molecule has 1 heterocycles. The molecular weight excluding hydrogens is 440 g/mol. The minimum atomic E-state index is -1.01. The van der Waals surface area contributed by atoms with E-state index in [1.807, 2.05) is 0 Å². The minimum Gasteiger partial charge on any atom is -0.351 e. The van der Waals surface area contributed by atoms with Crippen molar-refractivity contribution in [3.63, 3.8) is 0 Å². The molecule has 2 aromatic rings. The molecule has 3 amide bonds. The third-order valence-corrected chi connectivity index (χ3v) is 5.59. The molecule has 1 aliphatic heterocycles. The van der Waals surface area contributed by atoms with Crippen molar-refractivity contribution < 1.29 is 23.2 Å². The van der Waals surface area contributed by atoms with Gasteiger partial charge in [0.2, 0.25) is 11.8 Å². The van der Waals surface area contributed by atoms with Crippen molar-refractivity contribution in [1.29, 1.82) is 0 Å². The fourth-order valence-corrected chi connectivity index (χ4v) is 3.79. The summed E-state index contributed by atoms with van der Waals surface area (Å²) in [4.78, 5) is 38.7. The highest BCUT2D eigenvalue weighted by Crippen LogP contribution is 2.17. The minimum absolute atomic E-state index is 0.0243. The molecule has 3 rings (SSSR count). The van der Waals surface area contributed by atoms with Gasteiger partial charge in [0, 0.05) is 43.1 Å². The molecule has 2 aromatic carbocycles.